The summed E-state index contributed by atoms with van der Waals surface area (Å²) in [5.74, 6) is 0.300. The summed E-state index contributed by atoms with van der Waals surface area (Å²) in [5.41, 5.74) is 19.4. The highest BCUT2D eigenvalue weighted by Crippen LogP contribution is 2.54. The van der Waals surface area contributed by atoms with Crippen molar-refractivity contribution in [2.24, 2.45) is 0 Å². The third kappa shape index (κ3) is 4.18. The van der Waals surface area contributed by atoms with Crippen molar-refractivity contribution < 1.29 is 0 Å². The fourth-order valence-electron chi connectivity index (χ4n) is 9.42. The summed E-state index contributed by atoms with van der Waals surface area (Å²) in [5, 5.41) is 6.31. The second kappa shape index (κ2) is 11.1. The molecule has 0 saturated carbocycles. The maximum atomic E-state index is 3.76. The van der Waals surface area contributed by atoms with Crippen LogP contribution < -0.4 is 5.32 Å². The Bertz CT molecular complexity index is 2800. The van der Waals surface area contributed by atoms with Gasteiger partial charge in [0.2, 0.25) is 0 Å². The van der Waals surface area contributed by atoms with Crippen molar-refractivity contribution in [1.82, 2.24) is 4.57 Å². The molecule has 246 valence electrons. The number of fused-ring (bicyclic) bond motifs is 9. The van der Waals surface area contributed by atoms with E-state index in [9.17, 15) is 0 Å². The highest BCUT2D eigenvalue weighted by Gasteiger charge is 2.41. The van der Waals surface area contributed by atoms with Crippen LogP contribution >= 0.6 is 0 Å². The van der Waals surface area contributed by atoms with Gasteiger partial charge in [-0.1, -0.05) is 121 Å². The molecular weight excluding hydrogens is 629 g/mol. The van der Waals surface area contributed by atoms with E-state index in [1.165, 1.54) is 94.5 Å². The average Bonchev–Trinajstić information content (AvgIpc) is 3.84. The van der Waals surface area contributed by atoms with Crippen LogP contribution in [0.5, 0.6) is 0 Å². The quantitative estimate of drug-likeness (QED) is 0.198. The highest BCUT2D eigenvalue weighted by molar-refractivity contribution is 6.10. The van der Waals surface area contributed by atoms with Crippen molar-refractivity contribution in [3.63, 3.8) is 0 Å². The molecule has 0 fully saturated rings. The lowest BCUT2D eigenvalue weighted by Gasteiger charge is -2.28. The van der Waals surface area contributed by atoms with E-state index in [1.807, 2.05) is 0 Å². The summed E-state index contributed by atoms with van der Waals surface area (Å²) in [6.45, 7) is 2.39. The molecule has 0 amide bonds. The molecule has 11 rings (SSSR count). The lowest BCUT2D eigenvalue weighted by molar-refractivity contribution is 0.714. The van der Waals surface area contributed by atoms with E-state index in [4.69, 9.17) is 0 Å². The third-order valence-electron chi connectivity index (χ3n) is 12.0. The molecule has 0 radical (unpaired) electrons. The summed E-state index contributed by atoms with van der Waals surface area (Å²) >= 11 is 0. The van der Waals surface area contributed by atoms with E-state index in [-0.39, 0.29) is 5.41 Å². The maximum absolute atomic E-state index is 3.76. The van der Waals surface area contributed by atoms with Crippen LogP contribution in [0.25, 0.3) is 55.3 Å². The Labute approximate surface area is 304 Å². The number of anilines is 1. The molecule has 2 atom stereocenters. The Hall–Kier alpha value is -6.38. The van der Waals surface area contributed by atoms with E-state index in [2.05, 4.69) is 193 Å². The number of hydrogen-bond acceptors (Lipinski definition) is 1. The SMILES string of the molecule is CC1(c2ccccc2)c2ccccc2-c2cc(C3=CC=C4Nc5ccc(-c6ccc7c(c6)c6ccccc6n7-c6ccccc6)cc5C4C3)ccc21. The second-order valence-electron chi connectivity index (χ2n) is 14.7. The number of benzene rings is 7. The first kappa shape index (κ1) is 29.4. The second-order valence-corrected chi connectivity index (χ2v) is 14.7. The van der Waals surface area contributed by atoms with Gasteiger partial charge in [0, 0.05) is 39.2 Å². The molecule has 2 heterocycles. The van der Waals surface area contributed by atoms with Crippen molar-refractivity contribution in [3.8, 4) is 27.9 Å². The van der Waals surface area contributed by atoms with Gasteiger partial charge in [0.1, 0.15) is 0 Å². The first-order chi connectivity index (χ1) is 25.6. The van der Waals surface area contributed by atoms with Crippen LogP contribution in [0.1, 0.15) is 47.1 Å². The average molecular weight is 665 g/mol. The molecule has 2 unspecified atom stereocenters. The zero-order chi connectivity index (χ0) is 34.4. The molecule has 2 aliphatic carbocycles. The summed E-state index contributed by atoms with van der Waals surface area (Å²) in [6, 6.07) is 60.6. The first-order valence-electron chi connectivity index (χ1n) is 18.4. The van der Waals surface area contributed by atoms with Crippen molar-refractivity contribution in [2.75, 3.05) is 5.32 Å². The first-order valence-corrected chi connectivity index (χ1v) is 18.4. The molecule has 2 heteroatoms. The standard InChI is InChI=1S/C50H36N2/c1-50(36-12-4-2-5-13-36)44-18-10-8-16-38(44)40-28-32(20-24-45(40)50)33-21-25-46-41(29-33)42-30-34(22-26-47(42)51-46)35-23-27-49-43(31-35)39-17-9-11-19-48(39)52(49)37-14-6-3-7-15-37/h2-28,30-31,41,51H,29H2,1H3. The van der Waals surface area contributed by atoms with Crippen LogP contribution in [0, 0.1) is 0 Å². The van der Waals surface area contributed by atoms with Gasteiger partial charge in [-0.2, -0.15) is 0 Å². The van der Waals surface area contributed by atoms with Crippen LogP contribution in [0.2, 0.25) is 0 Å². The zero-order valence-corrected chi connectivity index (χ0v) is 29.0. The number of aromatic nitrogens is 1. The minimum atomic E-state index is -0.177. The van der Waals surface area contributed by atoms with E-state index < -0.39 is 0 Å². The maximum Gasteiger partial charge on any atom is 0.0541 e. The smallest absolute Gasteiger partial charge is 0.0541 e. The Kier molecular flexibility index (Phi) is 6.24. The number of para-hydroxylation sites is 2. The van der Waals surface area contributed by atoms with Gasteiger partial charge in [0.15, 0.2) is 0 Å². The fraction of sp³-hybridized carbons (Fsp3) is 0.0800. The zero-order valence-electron chi connectivity index (χ0n) is 29.0. The van der Waals surface area contributed by atoms with Crippen LogP contribution in [0.15, 0.2) is 182 Å². The fourth-order valence-corrected chi connectivity index (χ4v) is 9.42. The molecule has 52 heavy (non-hydrogen) atoms. The number of hydrogen-bond donors (Lipinski definition) is 1. The van der Waals surface area contributed by atoms with Gasteiger partial charge < -0.3 is 9.88 Å². The van der Waals surface area contributed by atoms with Gasteiger partial charge in [-0.25, -0.2) is 0 Å². The van der Waals surface area contributed by atoms with Crippen molar-refractivity contribution in [3.05, 3.63) is 209 Å². The lowest BCUT2D eigenvalue weighted by atomic mass is 9.74. The van der Waals surface area contributed by atoms with Gasteiger partial charge in [0.25, 0.3) is 0 Å². The van der Waals surface area contributed by atoms with E-state index >= 15 is 0 Å². The predicted molar refractivity (Wildman–Crippen MR) is 217 cm³/mol. The number of rotatable bonds is 4. The number of allylic oxidation sites excluding steroid dienone is 4. The lowest BCUT2D eigenvalue weighted by Crippen LogP contribution is -2.22. The van der Waals surface area contributed by atoms with Gasteiger partial charge in [-0.15, -0.1) is 0 Å². The highest BCUT2D eigenvalue weighted by atomic mass is 15.0. The van der Waals surface area contributed by atoms with E-state index in [0.717, 1.165) is 6.42 Å². The normalized spacial score (nSPS) is 18.3. The molecular formula is C50H36N2. The monoisotopic (exact) mass is 664 g/mol. The summed E-state index contributed by atoms with van der Waals surface area (Å²) < 4.78 is 2.38. The Morgan fingerprint density at radius 2 is 1.25 bits per heavy atom. The molecule has 3 aliphatic rings. The van der Waals surface area contributed by atoms with Crippen LogP contribution in [-0.2, 0) is 5.41 Å². The van der Waals surface area contributed by atoms with Crippen LogP contribution in [0.3, 0.4) is 0 Å². The molecule has 2 nitrogen and oxygen atoms in total. The molecule has 0 saturated heterocycles. The molecule has 1 aromatic heterocycles. The Morgan fingerprint density at radius 3 is 2.13 bits per heavy atom. The molecule has 8 aromatic rings. The largest absolute Gasteiger partial charge is 0.358 e. The molecule has 0 bridgehead atoms. The number of nitrogens with zero attached hydrogens (tertiary/aromatic N) is 1. The molecule has 0 spiro atoms. The van der Waals surface area contributed by atoms with Crippen molar-refractivity contribution >= 4 is 33.1 Å². The molecule has 7 aromatic carbocycles. The Morgan fingerprint density at radius 1 is 0.558 bits per heavy atom. The van der Waals surface area contributed by atoms with Gasteiger partial charge in [-0.3, -0.25) is 0 Å². The van der Waals surface area contributed by atoms with Gasteiger partial charge in [0.05, 0.1) is 11.0 Å². The molecule has 1 aliphatic heterocycles. The topological polar surface area (TPSA) is 17.0 Å². The van der Waals surface area contributed by atoms with Crippen molar-refractivity contribution in [2.45, 2.75) is 24.7 Å². The number of nitrogens with one attached hydrogen (secondary N) is 1. The minimum absolute atomic E-state index is 0.177. The van der Waals surface area contributed by atoms with Gasteiger partial charge in [-0.05, 0) is 124 Å². The van der Waals surface area contributed by atoms with Gasteiger partial charge >= 0.3 is 0 Å². The third-order valence-corrected chi connectivity index (χ3v) is 12.0. The minimum Gasteiger partial charge on any atom is -0.358 e. The molecule has 1 N–H and O–H groups in total. The van der Waals surface area contributed by atoms with Crippen molar-refractivity contribution in [1.29, 1.82) is 0 Å². The van der Waals surface area contributed by atoms with Crippen LogP contribution in [0.4, 0.5) is 5.69 Å². The predicted octanol–water partition coefficient (Wildman–Crippen LogP) is 12.7. The van der Waals surface area contributed by atoms with E-state index in [0.29, 0.717) is 5.92 Å². The van der Waals surface area contributed by atoms with E-state index in [1.54, 1.807) is 0 Å². The summed E-state index contributed by atoms with van der Waals surface area (Å²) in [7, 11) is 0. The Balaban J connectivity index is 0.952. The summed E-state index contributed by atoms with van der Waals surface area (Å²) in [4.78, 5) is 0. The van der Waals surface area contributed by atoms with Crippen LogP contribution in [-0.4, -0.2) is 4.57 Å². The summed E-state index contributed by atoms with van der Waals surface area (Å²) in [6.07, 6.45) is 5.61.